The van der Waals surface area contributed by atoms with Crippen molar-refractivity contribution in [1.29, 1.82) is 0 Å². The van der Waals surface area contributed by atoms with Gasteiger partial charge >= 0.3 is 11.9 Å². The lowest BCUT2D eigenvalue weighted by atomic mass is 10.3. The summed E-state index contributed by atoms with van der Waals surface area (Å²) in [7, 11) is 0. The topological polar surface area (TPSA) is 276 Å². The zero-order chi connectivity index (χ0) is 48.1. The SMILES string of the molecule is Fc1ccc(Nc2nc(NCc3ncccn3)nc(Nc3ccc(F)cc3)n2)cc1.Fc1ccc(Nc2nc(NCc3ncccn3)nc(Nc3ccc(F)cc3)n2)cc1.O=C(O)/C=C/C(=O)O. The number of carboxylic acids is 2. The van der Waals surface area contributed by atoms with Gasteiger partial charge in [-0.3, -0.25) is 0 Å². The van der Waals surface area contributed by atoms with Crippen LogP contribution in [0.2, 0.25) is 0 Å². The van der Waals surface area contributed by atoms with E-state index in [0.717, 1.165) is 0 Å². The van der Waals surface area contributed by atoms with Gasteiger partial charge < -0.3 is 42.1 Å². The van der Waals surface area contributed by atoms with Crippen molar-refractivity contribution < 1.29 is 37.4 Å². The summed E-state index contributed by atoms with van der Waals surface area (Å²) in [5.41, 5.74) is 2.42. The molecule has 0 bridgehead atoms. The van der Waals surface area contributed by atoms with Crippen molar-refractivity contribution in [3.05, 3.63) is 181 Å². The van der Waals surface area contributed by atoms with Gasteiger partial charge in [0.05, 0.1) is 13.1 Å². The largest absolute Gasteiger partial charge is 0.478 e. The molecule has 4 heterocycles. The number of nitrogens with zero attached hydrogens (tertiary/aromatic N) is 10. The van der Waals surface area contributed by atoms with Crippen molar-refractivity contribution in [2.75, 3.05) is 31.9 Å². The molecular weight excluding hydrogens is 893 g/mol. The van der Waals surface area contributed by atoms with E-state index in [-0.39, 0.29) is 59.0 Å². The minimum Gasteiger partial charge on any atom is -0.478 e. The van der Waals surface area contributed by atoms with Crippen LogP contribution in [0.5, 0.6) is 0 Å². The molecule has 0 aliphatic rings. The summed E-state index contributed by atoms with van der Waals surface area (Å²) >= 11 is 0. The molecule has 344 valence electrons. The van der Waals surface area contributed by atoms with Crippen molar-refractivity contribution in [2.45, 2.75) is 13.1 Å². The van der Waals surface area contributed by atoms with Crippen LogP contribution >= 0.6 is 0 Å². The Kier molecular flexibility index (Phi) is 17.1. The number of anilines is 10. The van der Waals surface area contributed by atoms with E-state index in [9.17, 15) is 27.2 Å². The Bertz CT molecular complexity index is 2570. The van der Waals surface area contributed by atoms with Gasteiger partial charge in [0, 0.05) is 59.7 Å². The minimum atomic E-state index is -1.26. The molecule has 0 radical (unpaired) electrons. The smallest absolute Gasteiger partial charge is 0.328 e. The predicted molar refractivity (Wildman–Crippen MR) is 242 cm³/mol. The van der Waals surface area contributed by atoms with Gasteiger partial charge in [0.15, 0.2) is 0 Å². The molecule has 0 spiro atoms. The summed E-state index contributed by atoms with van der Waals surface area (Å²) in [5.74, 6) is -1.29. The Hall–Kier alpha value is -9.74. The van der Waals surface area contributed by atoms with Crippen molar-refractivity contribution in [3.63, 3.8) is 0 Å². The molecule has 8 N–H and O–H groups in total. The first-order valence-corrected chi connectivity index (χ1v) is 19.7. The Morgan fingerprint density at radius 2 is 0.632 bits per heavy atom. The Labute approximate surface area is 382 Å². The van der Waals surface area contributed by atoms with Crippen LogP contribution in [0.15, 0.2) is 146 Å². The molecule has 0 saturated heterocycles. The highest BCUT2D eigenvalue weighted by molar-refractivity contribution is 5.89. The van der Waals surface area contributed by atoms with E-state index in [0.29, 0.717) is 59.6 Å². The summed E-state index contributed by atoms with van der Waals surface area (Å²) in [5, 5.41) is 33.7. The second-order valence-corrected chi connectivity index (χ2v) is 13.2. The quantitative estimate of drug-likeness (QED) is 0.0339. The van der Waals surface area contributed by atoms with Gasteiger partial charge in [-0.05, 0) is 109 Å². The first-order chi connectivity index (χ1) is 32.9. The van der Waals surface area contributed by atoms with E-state index in [1.54, 1.807) is 85.5 Å². The average Bonchev–Trinajstić information content (AvgIpc) is 3.33. The third kappa shape index (κ3) is 16.8. The predicted octanol–water partition coefficient (Wildman–Crippen LogP) is 7.79. The number of carbonyl (C=O) groups is 2. The van der Waals surface area contributed by atoms with E-state index < -0.39 is 11.9 Å². The fourth-order valence-electron chi connectivity index (χ4n) is 5.08. The summed E-state index contributed by atoms with van der Waals surface area (Å²) < 4.78 is 52.6. The number of hydrogen-bond acceptors (Lipinski definition) is 18. The summed E-state index contributed by atoms with van der Waals surface area (Å²) in [6.45, 7) is 0.605. The zero-order valence-electron chi connectivity index (χ0n) is 35.0. The molecule has 0 amide bonds. The van der Waals surface area contributed by atoms with Crippen molar-refractivity contribution in [1.82, 2.24) is 49.8 Å². The van der Waals surface area contributed by atoms with Crippen LogP contribution in [0.1, 0.15) is 11.6 Å². The monoisotopic (exact) mass is 928 g/mol. The van der Waals surface area contributed by atoms with Gasteiger partial charge in [-0.25, -0.2) is 47.1 Å². The van der Waals surface area contributed by atoms with Crippen LogP contribution in [-0.2, 0) is 22.7 Å². The molecule has 8 rings (SSSR count). The average molecular weight is 929 g/mol. The molecule has 4 aromatic heterocycles. The molecule has 68 heavy (non-hydrogen) atoms. The molecule has 0 fully saturated rings. The fraction of sp³-hybridized carbons (Fsp3) is 0.0455. The zero-order valence-corrected chi connectivity index (χ0v) is 35.0. The Balaban J connectivity index is 0.000000193. The van der Waals surface area contributed by atoms with E-state index >= 15 is 0 Å². The van der Waals surface area contributed by atoms with Crippen LogP contribution in [0.4, 0.5) is 76.0 Å². The molecule has 0 atom stereocenters. The molecule has 20 nitrogen and oxygen atoms in total. The van der Waals surface area contributed by atoms with Gasteiger partial charge in [0.25, 0.3) is 0 Å². The second-order valence-electron chi connectivity index (χ2n) is 13.2. The number of halogens is 4. The third-order valence-corrected chi connectivity index (χ3v) is 8.09. The standard InChI is InChI=1S/2C20H16F2N8.C4H4O4/c2*21-13-2-6-15(7-3-13)26-19-28-18(25-12-17-23-10-1-11-24-17)29-20(30-19)27-16-8-4-14(22)5-9-16;5-3(6)1-2-4(7)8/h2*1-11H,12H2,(H3,25,26,27,28,29,30);1-2H,(H,5,6)(H,7,8)/b;;2-1+. The van der Waals surface area contributed by atoms with Gasteiger partial charge in [-0.15, -0.1) is 0 Å². The number of rotatable bonds is 16. The lowest BCUT2D eigenvalue weighted by molar-refractivity contribution is -0.134. The number of nitrogens with one attached hydrogen (secondary N) is 6. The molecule has 0 saturated carbocycles. The van der Waals surface area contributed by atoms with Gasteiger partial charge in [0.2, 0.25) is 35.7 Å². The maximum absolute atomic E-state index is 13.2. The van der Waals surface area contributed by atoms with E-state index in [4.69, 9.17) is 10.2 Å². The van der Waals surface area contributed by atoms with E-state index in [1.807, 2.05) is 0 Å². The van der Waals surface area contributed by atoms with Crippen molar-refractivity contribution in [2.24, 2.45) is 0 Å². The molecule has 8 aromatic rings. The molecule has 0 aliphatic carbocycles. The molecule has 0 aliphatic heterocycles. The Morgan fingerprint density at radius 3 is 0.868 bits per heavy atom. The van der Waals surface area contributed by atoms with Gasteiger partial charge in [-0.1, -0.05) is 0 Å². The number of benzene rings is 4. The second kappa shape index (κ2) is 24.4. The third-order valence-electron chi connectivity index (χ3n) is 8.09. The maximum Gasteiger partial charge on any atom is 0.328 e. The van der Waals surface area contributed by atoms with Crippen LogP contribution in [0.25, 0.3) is 0 Å². The van der Waals surface area contributed by atoms with E-state index in [1.165, 1.54) is 48.5 Å². The molecule has 24 heteroatoms. The first kappa shape index (κ1) is 47.7. The highest BCUT2D eigenvalue weighted by Crippen LogP contribution is 2.21. The van der Waals surface area contributed by atoms with Crippen LogP contribution < -0.4 is 31.9 Å². The van der Waals surface area contributed by atoms with Gasteiger partial charge in [0.1, 0.15) is 34.9 Å². The molecular formula is C44H36F4N16O4. The number of aliphatic carboxylic acids is 2. The minimum absolute atomic E-state index is 0.234. The van der Waals surface area contributed by atoms with Crippen LogP contribution in [0.3, 0.4) is 0 Å². The van der Waals surface area contributed by atoms with Crippen molar-refractivity contribution >= 4 is 70.4 Å². The number of aromatic nitrogens is 10. The highest BCUT2D eigenvalue weighted by atomic mass is 19.1. The number of hydrogen-bond donors (Lipinski definition) is 8. The fourth-order valence-corrected chi connectivity index (χ4v) is 5.08. The van der Waals surface area contributed by atoms with Crippen LogP contribution in [0, 0.1) is 23.3 Å². The van der Waals surface area contributed by atoms with Crippen LogP contribution in [-0.4, -0.2) is 72.0 Å². The van der Waals surface area contributed by atoms with Crippen molar-refractivity contribution in [3.8, 4) is 0 Å². The lowest BCUT2D eigenvalue weighted by Gasteiger charge is -2.11. The molecule has 0 unspecified atom stereocenters. The van der Waals surface area contributed by atoms with E-state index in [2.05, 4.69) is 81.7 Å². The number of carboxylic acid groups (broad SMARTS) is 2. The van der Waals surface area contributed by atoms with Gasteiger partial charge in [-0.2, -0.15) is 29.9 Å². The first-order valence-electron chi connectivity index (χ1n) is 19.7. The Morgan fingerprint density at radius 1 is 0.397 bits per heavy atom. The normalized spacial score (nSPS) is 10.4. The summed E-state index contributed by atoms with van der Waals surface area (Å²) in [6, 6.07) is 26.6. The summed E-state index contributed by atoms with van der Waals surface area (Å²) in [6.07, 6.45) is 7.67. The summed E-state index contributed by atoms with van der Waals surface area (Å²) in [4.78, 5) is 61.6. The maximum atomic E-state index is 13.2. The highest BCUT2D eigenvalue weighted by Gasteiger charge is 2.11. The molecule has 4 aromatic carbocycles. The lowest BCUT2D eigenvalue weighted by Crippen LogP contribution is -2.11.